The Morgan fingerprint density at radius 3 is 2.55 bits per heavy atom. The molecular formula is C18H15F2NO. The molecule has 0 atom stereocenters. The third kappa shape index (κ3) is 4.71. The minimum atomic E-state index is -0.778. The van der Waals surface area contributed by atoms with Gasteiger partial charge in [0.1, 0.15) is 11.6 Å². The van der Waals surface area contributed by atoms with Crippen LogP contribution in [0.4, 0.5) is 8.78 Å². The molecule has 0 aliphatic heterocycles. The second-order valence-electron chi connectivity index (χ2n) is 4.87. The summed E-state index contributed by atoms with van der Waals surface area (Å²) in [5, 5.41) is 2.64. The van der Waals surface area contributed by atoms with Crippen molar-refractivity contribution in [2.75, 3.05) is 6.54 Å². The monoisotopic (exact) mass is 299 g/mol. The Morgan fingerprint density at radius 2 is 1.86 bits per heavy atom. The minimum Gasteiger partial charge on any atom is -0.345 e. The van der Waals surface area contributed by atoms with E-state index in [0.29, 0.717) is 13.0 Å². The molecule has 0 saturated carbocycles. The van der Waals surface area contributed by atoms with Gasteiger partial charge >= 0.3 is 0 Å². The SMILES string of the molecule is Cc1ccc(CCNC(=O)C#Cc2ccc(F)cc2F)cc1. The Morgan fingerprint density at radius 1 is 1.14 bits per heavy atom. The van der Waals surface area contributed by atoms with Gasteiger partial charge in [-0.3, -0.25) is 4.79 Å². The van der Waals surface area contributed by atoms with E-state index >= 15 is 0 Å². The summed E-state index contributed by atoms with van der Waals surface area (Å²) in [5.41, 5.74) is 2.29. The topological polar surface area (TPSA) is 29.1 Å². The standard InChI is InChI=1S/C18H15F2NO/c1-13-2-4-14(5-3-13)10-11-21-18(22)9-7-15-6-8-16(19)12-17(15)20/h2-6,8,12H,10-11H2,1H3,(H,21,22). The molecule has 1 N–H and O–H groups in total. The van der Waals surface area contributed by atoms with Gasteiger partial charge in [-0.15, -0.1) is 0 Å². The van der Waals surface area contributed by atoms with Crippen molar-refractivity contribution in [1.29, 1.82) is 0 Å². The van der Waals surface area contributed by atoms with E-state index in [2.05, 4.69) is 17.2 Å². The smallest absolute Gasteiger partial charge is 0.296 e. The summed E-state index contributed by atoms with van der Waals surface area (Å²) in [6, 6.07) is 11.1. The summed E-state index contributed by atoms with van der Waals surface area (Å²) < 4.78 is 26.1. The van der Waals surface area contributed by atoms with Crippen molar-refractivity contribution in [3.8, 4) is 11.8 Å². The molecule has 2 aromatic carbocycles. The lowest BCUT2D eigenvalue weighted by atomic mass is 10.1. The molecule has 2 nitrogen and oxygen atoms in total. The van der Waals surface area contributed by atoms with Crippen molar-refractivity contribution < 1.29 is 13.6 Å². The average Bonchev–Trinajstić information content (AvgIpc) is 2.48. The largest absolute Gasteiger partial charge is 0.345 e. The van der Waals surface area contributed by atoms with E-state index in [9.17, 15) is 13.6 Å². The van der Waals surface area contributed by atoms with Gasteiger partial charge in [0.2, 0.25) is 0 Å². The van der Waals surface area contributed by atoms with Crippen molar-refractivity contribution in [2.45, 2.75) is 13.3 Å². The van der Waals surface area contributed by atoms with Gasteiger partial charge in [-0.05, 0) is 31.0 Å². The zero-order valence-corrected chi connectivity index (χ0v) is 12.1. The van der Waals surface area contributed by atoms with Gasteiger partial charge in [0, 0.05) is 18.5 Å². The lowest BCUT2D eigenvalue weighted by Crippen LogP contribution is -2.24. The normalized spacial score (nSPS) is 9.77. The average molecular weight is 299 g/mol. The zero-order chi connectivity index (χ0) is 15.9. The Balaban J connectivity index is 1.86. The molecule has 0 unspecified atom stereocenters. The molecule has 0 radical (unpaired) electrons. The highest BCUT2D eigenvalue weighted by Gasteiger charge is 2.01. The fourth-order valence-electron chi connectivity index (χ4n) is 1.83. The minimum absolute atomic E-state index is 0.00455. The Bertz CT molecular complexity index is 727. The molecule has 2 aromatic rings. The Kier molecular flexibility index (Phi) is 5.26. The molecule has 1 amide bonds. The molecule has 2 rings (SSSR count). The van der Waals surface area contributed by atoms with E-state index in [1.54, 1.807) is 0 Å². The molecule has 0 bridgehead atoms. The molecule has 0 spiro atoms. The van der Waals surface area contributed by atoms with Gasteiger partial charge in [0.25, 0.3) is 5.91 Å². The van der Waals surface area contributed by atoms with Crippen LogP contribution in [0.2, 0.25) is 0 Å². The Hall–Kier alpha value is -2.67. The zero-order valence-electron chi connectivity index (χ0n) is 12.1. The Labute approximate surface area is 128 Å². The third-order valence-corrected chi connectivity index (χ3v) is 3.06. The molecule has 22 heavy (non-hydrogen) atoms. The first-order valence-electron chi connectivity index (χ1n) is 6.85. The van der Waals surface area contributed by atoms with E-state index < -0.39 is 17.5 Å². The van der Waals surface area contributed by atoms with Crippen LogP contribution in [0.15, 0.2) is 42.5 Å². The van der Waals surface area contributed by atoms with Crippen LogP contribution in [0.3, 0.4) is 0 Å². The summed E-state index contributed by atoms with van der Waals surface area (Å²) in [6.45, 7) is 2.46. The second kappa shape index (κ2) is 7.37. The van der Waals surface area contributed by atoms with Gasteiger partial charge in [0.15, 0.2) is 0 Å². The van der Waals surface area contributed by atoms with Crippen LogP contribution >= 0.6 is 0 Å². The number of nitrogens with one attached hydrogen (secondary N) is 1. The van der Waals surface area contributed by atoms with Crippen LogP contribution in [-0.4, -0.2) is 12.5 Å². The first-order valence-corrected chi connectivity index (χ1v) is 6.85. The van der Waals surface area contributed by atoms with Crippen LogP contribution < -0.4 is 5.32 Å². The predicted octanol–water partition coefficient (Wildman–Crippen LogP) is 2.98. The van der Waals surface area contributed by atoms with E-state index in [0.717, 1.165) is 17.7 Å². The number of hydrogen-bond donors (Lipinski definition) is 1. The molecule has 0 fully saturated rings. The third-order valence-electron chi connectivity index (χ3n) is 3.06. The fourth-order valence-corrected chi connectivity index (χ4v) is 1.83. The van der Waals surface area contributed by atoms with Crippen molar-refractivity contribution in [3.05, 3.63) is 70.8 Å². The maximum absolute atomic E-state index is 13.3. The number of carbonyl (C=O) groups excluding carboxylic acids is 1. The van der Waals surface area contributed by atoms with E-state index in [1.807, 2.05) is 31.2 Å². The van der Waals surface area contributed by atoms with Crippen LogP contribution in [0, 0.1) is 30.4 Å². The number of halogens is 2. The van der Waals surface area contributed by atoms with Crippen molar-refractivity contribution in [1.82, 2.24) is 5.32 Å². The van der Waals surface area contributed by atoms with Gasteiger partial charge in [0.05, 0.1) is 5.56 Å². The maximum Gasteiger partial charge on any atom is 0.296 e. The molecule has 4 heteroatoms. The number of amides is 1. The van der Waals surface area contributed by atoms with Crippen LogP contribution in [0.5, 0.6) is 0 Å². The summed E-state index contributed by atoms with van der Waals surface area (Å²) in [4.78, 5) is 11.6. The van der Waals surface area contributed by atoms with Crippen LogP contribution in [0.25, 0.3) is 0 Å². The van der Waals surface area contributed by atoms with Gasteiger partial charge in [-0.1, -0.05) is 35.7 Å². The lowest BCUT2D eigenvalue weighted by Gasteiger charge is -2.02. The molecular weight excluding hydrogens is 284 g/mol. The van der Waals surface area contributed by atoms with Crippen molar-refractivity contribution in [2.24, 2.45) is 0 Å². The van der Waals surface area contributed by atoms with Crippen molar-refractivity contribution in [3.63, 3.8) is 0 Å². The molecule has 112 valence electrons. The van der Waals surface area contributed by atoms with Crippen molar-refractivity contribution >= 4 is 5.91 Å². The molecule has 0 aromatic heterocycles. The highest BCUT2D eigenvalue weighted by molar-refractivity contribution is 5.94. The lowest BCUT2D eigenvalue weighted by molar-refractivity contribution is -0.115. The number of aryl methyl sites for hydroxylation is 1. The number of hydrogen-bond acceptors (Lipinski definition) is 1. The van der Waals surface area contributed by atoms with E-state index in [1.165, 1.54) is 11.6 Å². The summed E-state index contributed by atoms with van der Waals surface area (Å²) in [5.74, 6) is 2.74. The van der Waals surface area contributed by atoms with E-state index in [-0.39, 0.29) is 5.56 Å². The first kappa shape index (κ1) is 15.7. The highest BCUT2D eigenvalue weighted by Crippen LogP contribution is 2.07. The van der Waals surface area contributed by atoms with Gasteiger partial charge in [-0.25, -0.2) is 8.78 Å². The molecule has 0 heterocycles. The quantitative estimate of drug-likeness (QED) is 0.867. The highest BCUT2D eigenvalue weighted by atomic mass is 19.1. The molecule has 0 aliphatic rings. The van der Waals surface area contributed by atoms with E-state index in [4.69, 9.17) is 0 Å². The van der Waals surface area contributed by atoms with Crippen LogP contribution in [-0.2, 0) is 11.2 Å². The number of rotatable bonds is 3. The molecule has 0 aliphatic carbocycles. The summed E-state index contributed by atoms with van der Waals surface area (Å²) in [6.07, 6.45) is 0.693. The first-order chi connectivity index (χ1) is 10.5. The van der Waals surface area contributed by atoms with Crippen LogP contribution in [0.1, 0.15) is 16.7 Å². The fraction of sp³-hybridized carbons (Fsp3) is 0.167. The maximum atomic E-state index is 13.3. The molecule has 0 saturated heterocycles. The number of benzene rings is 2. The summed E-state index contributed by atoms with van der Waals surface area (Å²) >= 11 is 0. The van der Waals surface area contributed by atoms with Gasteiger partial charge < -0.3 is 5.32 Å². The number of carbonyl (C=O) groups is 1. The second-order valence-corrected chi connectivity index (χ2v) is 4.87. The predicted molar refractivity (Wildman–Crippen MR) is 81.1 cm³/mol. The summed E-state index contributed by atoms with van der Waals surface area (Å²) in [7, 11) is 0. The van der Waals surface area contributed by atoms with Gasteiger partial charge in [-0.2, -0.15) is 0 Å².